The smallest absolute Gasteiger partial charge is 0.133 e. The van der Waals surface area contributed by atoms with E-state index < -0.39 is 0 Å². The molecule has 0 spiro atoms. The van der Waals surface area contributed by atoms with E-state index in [0.717, 1.165) is 30.0 Å². The fourth-order valence-electron chi connectivity index (χ4n) is 2.55. The molecule has 0 radical (unpaired) electrons. The third kappa shape index (κ3) is 4.05. The molecule has 23 heavy (non-hydrogen) atoms. The van der Waals surface area contributed by atoms with Crippen molar-refractivity contribution >= 4 is 0 Å². The number of likely N-dealkylation sites (N-methyl/N-ethyl adjacent to an activating group) is 1. The van der Waals surface area contributed by atoms with E-state index >= 15 is 0 Å². The zero-order valence-corrected chi connectivity index (χ0v) is 13.5. The molecule has 1 unspecified atom stereocenters. The zero-order chi connectivity index (χ0) is 16.1. The molecular weight excluding hydrogens is 286 g/mol. The minimum absolute atomic E-state index is 0.399. The van der Waals surface area contributed by atoms with Gasteiger partial charge in [0.05, 0.1) is 12.0 Å². The Morgan fingerprint density at radius 1 is 1.13 bits per heavy atom. The molecule has 0 aliphatic heterocycles. The van der Waals surface area contributed by atoms with Crippen molar-refractivity contribution in [2.75, 3.05) is 7.05 Å². The lowest BCUT2D eigenvalue weighted by Crippen LogP contribution is -2.30. The number of hydrogen-bond acceptors (Lipinski definition) is 4. The first-order valence-corrected chi connectivity index (χ1v) is 7.80. The van der Waals surface area contributed by atoms with E-state index in [1.165, 1.54) is 5.56 Å². The van der Waals surface area contributed by atoms with Crippen molar-refractivity contribution in [2.24, 2.45) is 0 Å². The van der Waals surface area contributed by atoms with E-state index in [1.807, 2.05) is 18.3 Å². The molecule has 4 heteroatoms. The average molecular weight is 307 g/mol. The molecule has 0 amide bonds. The molecule has 1 aromatic carbocycles. The Hall–Kier alpha value is -2.46. The van der Waals surface area contributed by atoms with Gasteiger partial charge in [-0.25, -0.2) is 0 Å². The van der Waals surface area contributed by atoms with E-state index in [-0.39, 0.29) is 0 Å². The van der Waals surface area contributed by atoms with Crippen LogP contribution in [0, 0.1) is 0 Å². The van der Waals surface area contributed by atoms with Gasteiger partial charge in [0.25, 0.3) is 0 Å². The van der Waals surface area contributed by atoms with Crippen molar-refractivity contribution in [3.8, 4) is 11.3 Å². The summed E-state index contributed by atoms with van der Waals surface area (Å²) in [5, 5.41) is 0. The molecule has 3 rings (SSSR count). The highest BCUT2D eigenvalue weighted by atomic mass is 16.3. The molecule has 0 fully saturated rings. The molecule has 0 N–H and O–H groups in total. The van der Waals surface area contributed by atoms with Crippen LogP contribution in [-0.2, 0) is 13.0 Å². The summed E-state index contributed by atoms with van der Waals surface area (Å²) in [4.78, 5) is 10.8. The molecule has 2 heterocycles. The maximum Gasteiger partial charge on any atom is 0.133 e. The summed E-state index contributed by atoms with van der Waals surface area (Å²) in [6.45, 7) is 3.12. The van der Waals surface area contributed by atoms with Gasteiger partial charge in [0.15, 0.2) is 0 Å². The highest BCUT2D eigenvalue weighted by Crippen LogP contribution is 2.20. The molecule has 4 nitrogen and oxygen atoms in total. The summed E-state index contributed by atoms with van der Waals surface area (Å²) < 4.78 is 5.42. The van der Waals surface area contributed by atoms with Crippen LogP contribution in [0.3, 0.4) is 0 Å². The van der Waals surface area contributed by atoms with Gasteiger partial charge in [0.1, 0.15) is 5.76 Å². The van der Waals surface area contributed by atoms with Crippen molar-refractivity contribution in [2.45, 2.75) is 25.9 Å². The normalized spacial score (nSPS) is 12.5. The minimum atomic E-state index is 0.399. The Morgan fingerprint density at radius 3 is 2.61 bits per heavy atom. The number of rotatable bonds is 6. The van der Waals surface area contributed by atoms with E-state index in [4.69, 9.17) is 4.42 Å². The van der Waals surface area contributed by atoms with Crippen molar-refractivity contribution in [1.29, 1.82) is 0 Å². The van der Waals surface area contributed by atoms with Crippen LogP contribution in [0.15, 0.2) is 65.7 Å². The van der Waals surface area contributed by atoms with Crippen LogP contribution >= 0.6 is 0 Å². The van der Waals surface area contributed by atoms with Gasteiger partial charge in [-0.1, -0.05) is 24.3 Å². The second kappa shape index (κ2) is 7.20. The van der Waals surface area contributed by atoms with E-state index in [0.29, 0.717) is 6.04 Å². The monoisotopic (exact) mass is 307 g/mol. The van der Waals surface area contributed by atoms with Gasteiger partial charge >= 0.3 is 0 Å². The first-order chi connectivity index (χ1) is 11.2. The summed E-state index contributed by atoms with van der Waals surface area (Å²) in [7, 11) is 2.14. The number of aromatic nitrogens is 2. The molecular formula is C19H21N3O. The highest BCUT2D eigenvalue weighted by Gasteiger charge is 2.11. The third-order valence-corrected chi connectivity index (χ3v) is 4.07. The van der Waals surface area contributed by atoms with Crippen LogP contribution in [0.1, 0.15) is 18.2 Å². The van der Waals surface area contributed by atoms with Crippen LogP contribution < -0.4 is 0 Å². The second-order valence-corrected chi connectivity index (χ2v) is 5.84. The Balaban J connectivity index is 1.60. The molecule has 0 saturated carbocycles. The highest BCUT2D eigenvalue weighted by molar-refractivity contribution is 5.57. The van der Waals surface area contributed by atoms with Gasteiger partial charge in [-0.15, -0.1) is 0 Å². The predicted octanol–water partition coefficient (Wildman–Crippen LogP) is 3.80. The Labute approximate surface area is 136 Å². The second-order valence-electron chi connectivity index (χ2n) is 5.84. The maximum absolute atomic E-state index is 5.42. The molecule has 118 valence electrons. The molecule has 3 aromatic rings. The summed E-state index contributed by atoms with van der Waals surface area (Å²) in [6.07, 6.45) is 7.89. The number of hydrogen-bond donors (Lipinski definition) is 0. The number of nitrogens with zero attached hydrogens (tertiary/aromatic N) is 3. The van der Waals surface area contributed by atoms with E-state index in [2.05, 4.69) is 53.1 Å². The average Bonchev–Trinajstić information content (AvgIpc) is 3.11. The number of benzene rings is 1. The lowest BCUT2D eigenvalue weighted by Gasteiger charge is -2.24. The molecule has 1 atom stereocenters. The van der Waals surface area contributed by atoms with Crippen molar-refractivity contribution in [3.05, 3.63) is 72.5 Å². The van der Waals surface area contributed by atoms with Gasteiger partial charge < -0.3 is 4.42 Å². The minimum Gasteiger partial charge on any atom is -0.464 e. The summed E-state index contributed by atoms with van der Waals surface area (Å²) in [5.74, 6) is 0.904. The van der Waals surface area contributed by atoms with Crippen LogP contribution in [0.2, 0.25) is 0 Å². The Morgan fingerprint density at radius 2 is 1.96 bits per heavy atom. The van der Waals surface area contributed by atoms with Crippen LogP contribution in [0.4, 0.5) is 0 Å². The summed E-state index contributed by atoms with van der Waals surface area (Å²) in [6, 6.07) is 12.8. The fourth-order valence-corrected chi connectivity index (χ4v) is 2.55. The largest absolute Gasteiger partial charge is 0.464 e. The lowest BCUT2D eigenvalue weighted by atomic mass is 10.1. The van der Waals surface area contributed by atoms with Gasteiger partial charge in [-0.3, -0.25) is 14.9 Å². The van der Waals surface area contributed by atoms with Crippen LogP contribution in [0.5, 0.6) is 0 Å². The predicted molar refractivity (Wildman–Crippen MR) is 90.8 cm³/mol. The molecule has 2 aromatic heterocycles. The standard InChI is InChI=1S/C19H21N3O/c1-15(12-18-13-20-9-10-21-18)22(2)14-16-5-7-17(8-6-16)19-4-3-11-23-19/h3-11,13,15H,12,14H2,1-2H3. The van der Waals surface area contributed by atoms with Gasteiger partial charge in [-0.2, -0.15) is 0 Å². The van der Waals surface area contributed by atoms with Crippen molar-refractivity contribution in [3.63, 3.8) is 0 Å². The van der Waals surface area contributed by atoms with Crippen LogP contribution in [0.25, 0.3) is 11.3 Å². The van der Waals surface area contributed by atoms with Gasteiger partial charge in [-0.05, 0) is 31.7 Å². The first-order valence-electron chi connectivity index (χ1n) is 7.80. The topological polar surface area (TPSA) is 42.2 Å². The summed E-state index contributed by atoms with van der Waals surface area (Å²) in [5.41, 5.74) is 3.42. The SMILES string of the molecule is CC(Cc1cnccn1)N(C)Cc1ccc(-c2ccco2)cc1. The van der Waals surface area contributed by atoms with E-state index in [9.17, 15) is 0 Å². The third-order valence-electron chi connectivity index (χ3n) is 4.07. The Kier molecular flexibility index (Phi) is 4.83. The molecule has 0 saturated heterocycles. The molecule has 0 bridgehead atoms. The van der Waals surface area contributed by atoms with Gasteiger partial charge in [0.2, 0.25) is 0 Å². The Bertz CT molecular complexity index is 708. The van der Waals surface area contributed by atoms with Gasteiger partial charge in [0, 0.05) is 43.2 Å². The maximum atomic E-state index is 5.42. The molecule has 0 aliphatic carbocycles. The molecule has 0 aliphatic rings. The lowest BCUT2D eigenvalue weighted by molar-refractivity contribution is 0.246. The quantitative estimate of drug-likeness (QED) is 0.694. The van der Waals surface area contributed by atoms with E-state index in [1.54, 1.807) is 18.7 Å². The van der Waals surface area contributed by atoms with Crippen molar-refractivity contribution in [1.82, 2.24) is 14.9 Å². The fraction of sp³-hybridized carbons (Fsp3) is 0.263. The van der Waals surface area contributed by atoms with Crippen molar-refractivity contribution < 1.29 is 4.42 Å². The summed E-state index contributed by atoms with van der Waals surface area (Å²) >= 11 is 0. The number of furan rings is 1. The zero-order valence-electron chi connectivity index (χ0n) is 13.5. The van der Waals surface area contributed by atoms with Crippen LogP contribution in [-0.4, -0.2) is 28.0 Å². The first kappa shape index (κ1) is 15.4.